The van der Waals surface area contributed by atoms with Gasteiger partial charge in [-0.3, -0.25) is 14.7 Å². The summed E-state index contributed by atoms with van der Waals surface area (Å²) >= 11 is 0. The third-order valence-corrected chi connectivity index (χ3v) is 4.50. The third kappa shape index (κ3) is 4.96. The summed E-state index contributed by atoms with van der Waals surface area (Å²) in [5, 5.41) is 36.8. The molecule has 25 heavy (non-hydrogen) atoms. The maximum Gasteiger partial charge on any atom is 0.290 e. The highest BCUT2D eigenvalue weighted by Crippen LogP contribution is 2.23. The summed E-state index contributed by atoms with van der Waals surface area (Å²) in [5.74, 6) is 0.0780. The molecule has 7 nitrogen and oxygen atoms in total. The van der Waals surface area contributed by atoms with Gasteiger partial charge in [0.15, 0.2) is 0 Å². The Morgan fingerprint density at radius 3 is 2.52 bits per heavy atom. The van der Waals surface area contributed by atoms with Crippen molar-refractivity contribution in [3.05, 3.63) is 42.1 Å². The van der Waals surface area contributed by atoms with E-state index in [-0.39, 0.29) is 31.6 Å². The van der Waals surface area contributed by atoms with Crippen LogP contribution in [0.5, 0.6) is 0 Å². The Morgan fingerprint density at radius 2 is 1.84 bits per heavy atom. The molecule has 0 spiro atoms. The molecule has 7 heteroatoms. The Bertz CT molecular complexity index is 677. The summed E-state index contributed by atoms with van der Waals surface area (Å²) in [6.07, 6.45) is 0.250. The van der Waals surface area contributed by atoms with Crippen molar-refractivity contribution in [3.63, 3.8) is 0 Å². The molecular formula is C18H24N2O5. The minimum Gasteiger partial charge on any atom is -0.483 e. The molecular weight excluding hydrogens is 324 g/mol. The number of β-amino-alcohol motifs (C(OH)–C–C–N with tert-alkyl or cyclic N) is 1. The Hall–Kier alpha value is -2.06. The van der Waals surface area contributed by atoms with E-state index in [4.69, 9.17) is 9.90 Å². The van der Waals surface area contributed by atoms with Gasteiger partial charge >= 0.3 is 0 Å². The number of aromatic nitrogens is 1. The minimum atomic E-state index is -0.450. The first kappa shape index (κ1) is 19.3. The predicted molar refractivity (Wildman–Crippen MR) is 93.2 cm³/mol. The maximum atomic E-state index is 10.2. The first-order valence-corrected chi connectivity index (χ1v) is 8.19. The number of aliphatic hydroxyl groups is 3. The second kappa shape index (κ2) is 9.43. The van der Waals surface area contributed by atoms with Crippen LogP contribution in [0, 0.1) is 5.92 Å². The van der Waals surface area contributed by atoms with Gasteiger partial charge in [-0.15, -0.1) is 0 Å². The number of carboxylic acid groups (broad SMARTS) is 1. The van der Waals surface area contributed by atoms with Crippen molar-refractivity contribution < 1.29 is 25.2 Å². The molecule has 2 aromatic rings. The zero-order chi connectivity index (χ0) is 18.2. The van der Waals surface area contributed by atoms with Gasteiger partial charge in [0.25, 0.3) is 6.47 Å². The molecule has 0 bridgehead atoms. The number of nitrogens with zero attached hydrogens (tertiary/aromatic N) is 2. The molecule has 3 rings (SSSR count). The molecule has 2 atom stereocenters. The van der Waals surface area contributed by atoms with Gasteiger partial charge in [0.05, 0.1) is 30.9 Å². The van der Waals surface area contributed by atoms with Crippen LogP contribution in [0.2, 0.25) is 0 Å². The molecule has 1 fully saturated rings. The molecule has 1 aliphatic heterocycles. The number of carbonyl (C=O) groups is 1. The number of pyridine rings is 1. The van der Waals surface area contributed by atoms with Gasteiger partial charge in [-0.25, -0.2) is 0 Å². The highest BCUT2D eigenvalue weighted by molar-refractivity contribution is 5.78. The standard InChI is InChI=1S/C17H22N2O3.CH2O2/c20-10-15(11-21)19-8-13(17(22)9-19)7-14-6-5-12-3-1-2-4-16(12)18-14;2-1-3/h1-6,13,15,17,20-22H,7-11H2;1H,(H,2,3)/t13-,17-;/m1./s1. The molecule has 0 unspecified atom stereocenters. The number of hydrogen-bond donors (Lipinski definition) is 4. The Morgan fingerprint density at radius 1 is 1.16 bits per heavy atom. The van der Waals surface area contributed by atoms with Gasteiger partial charge in [0, 0.05) is 30.1 Å². The van der Waals surface area contributed by atoms with Crippen LogP contribution in [0.3, 0.4) is 0 Å². The Labute approximate surface area is 146 Å². The van der Waals surface area contributed by atoms with Gasteiger partial charge in [0.2, 0.25) is 0 Å². The quantitative estimate of drug-likeness (QED) is 0.568. The fourth-order valence-electron chi connectivity index (χ4n) is 3.16. The molecule has 136 valence electrons. The predicted octanol–water partition coefficient (Wildman–Crippen LogP) is 0.124. The molecule has 1 aromatic heterocycles. The van der Waals surface area contributed by atoms with Crippen LogP contribution < -0.4 is 0 Å². The molecule has 4 N–H and O–H groups in total. The molecule has 2 heterocycles. The number of para-hydroxylation sites is 1. The van der Waals surface area contributed by atoms with E-state index in [1.165, 1.54) is 0 Å². The van der Waals surface area contributed by atoms with Crippen molar-refractivity contribution >= 4 is 17.4 Å². The van der Waals surface area contributed by atoms with E-state index < -0.39 is 6.10 Å². The van der Waals surface area contributed by atoms with Crippen molar-refractivity contribution in [3.8, 4) is 0 Å². The number of aliphatic hydroxyl groups excluding tert-OH is 3. The normalized spacial score (nSPS) is 20.5. The van der Waals surface area contributed by atoms with Crippen LogP contribution in [0.25, 0.3) is 10.9 Å². The van der Waals surface area contributed by atoms with Gasteiger partial charge in [-0.1, -0.05) is 24.3 Å². The van der Waals surface area contributed by atoms with Crippen molar-refractivity contribution in [1.29, 1.82) is 0 Å². The molecule has 0 radical (unpaired) electrons. The van der Waals surface area contributed by atoms with E-state index in [1.807, 2.05) is 35.2 Å². The molecule has 0 aliphatic carbocycles. The van der Waals surface area contributed by atoms with E-state index >= 15 is 0 Å². The second-order valence-corrected chi connectivity index (χ2v) is 6.11. The maximum absolute atomic E-state index is 10.2. The van der Waals surface area contributed by atoms with Crippen molar-refractivity contribution in [1.82, 2.24) is 9.88 Å². The van der Waals surface area contributed by atoms with Crippen LogP contribution >= 0.6 is 0 Å². The number of rotatable bonds is 5. The highest BCUT2D eigenvalue weighted by atomic mass is 16.3. The van der Waals surface area contributed by atoms with Gasteiger partial charge in [-0.05, 0) is 18.6 Å². The lowest BCUT2D eigenvalue weighted by Gasteiger charge is -2.23. The van der Waals surface area contributed by atoms with E-state index in [0.29, 0.717) is 19.5 Å². The summed E-state index contributed by atoms with van der Waals surface area (Å²) in [4.78, 5) is 15.0. The molecule has 0 saturated carbocycles. The summed E-state index contributed by atoms with van der Waals surface area (Å²) < 4.78 is 0. The minimum absolute atomic E-state index is 0.0780. The average Bonchev–Trinajstić information content (AvgIpc) is 2.97. The van der Waals surface area contributed by atoms with E-state index in [9.17, 15) is 15.3 Å². The summed E-state index contributed by atoms with van der Waals surface area (Å²) in [6.45, 7) is 0.722. The van der Waals surface area contributed by atoms with Crippen molar-refractivity contribution in [2.75, 3.05) is 26.3 Å². The zero-order valence-electron chi connectivity index (χ0n) is 13.9. The molecule has 1 aliphatic rings. The number of fused-ring (bicyclic) bond motifs is 1. The largest absolute Gasteiger partial charge is 0.483 e. The first-order chi connectivity index (χ1) is 12.1. The van der Waals surface area contributed by atoms with E-state index in [2.05, 4.69) is 11.1 Å². The number of benzene rings is 1. The molecule has 1 saturated heterocycles. The summed E-state index contributed by atoms with van der Waals surface area (Å²) in [7, 11) is 0. The zero-order valence-corrected chi connectivity index (χ0v) is 13.9. The third-order valence-electron chi connectivity index (χ3n) is 4.50. The van der Waals surface area contributed by atoms with Crippen LogP contribution in [-0.2, 0) is 11.2 Å². The fraction of sp³-hybridized carbons (Fsp3) is 0.444. The molecule has 1 aromatic carbocycles. The number of hydrogen-bond acceptors (Lipinski definition) is 6. The monoisotopic (exact) mass is 348 g/mol. The first-order valence-electron chi connectivity index (χ1n) is 8.19. The van der Waals surface area contributed by atoms with Gasteiger partial charge in [0.1, 0.15) is 0 Å². The van der Waals surface area contributed by atoms with Gasteiger partial charge in [-0.2, -0.15) is 0 Å². The van der Waals surface area contributed by atoms with Crippen LogP contribution in [0.1, 0.15) is 5.69 Å². The van der Waals surface area contributed by atoms with E-state index in [1.54, 1.807) is 0 Å². The Kier molecular flexibility index (Phi) is 7.27. The second-order valence-electron chi connectivity index (χ2n) is 6.11. The number of likely N-dealkylation sites (tertiary alicyclic amines) is 1. The summed E-state index contributed by atoms with van der Waals surface area (Å²) in [6, 6.07) is 11.8. The highest BCUT2D eigenvalue weighted by Gasteiger charge is 2.34. The van der Waals surface area contributed by atoms with Crippen LogP contribution in [0.4, 0.5) is 0 Å². The Balaban J connectivity index is 0.000000701. The average molecular weight is 348 g/mol. The van der Waals surface area contributed by atoms with Crippen molar-refractivity contribution in [2.45, 2.75) is 18.6 Å². The lowest BCUT2D eigenvalue weighted by atomic mass is 9.99. The van der Waals surface area contributed by atoms with Crippen molar-refractivity contribution in [2.24, 2.45) is 5.92 Å². The summed E-state index contributed by atoms with van der Waals surface area (Å²) in [5.41, 5.74) is 1.93. The van der Waals surface area contributed by atoms with Crippen LogP contribution in [0.15, 0.2) is 36.4 Å². The SMILES string of the molecule is O=CO.OCC(CO)N1C[C@@H](Cc2ccc3ccccc3n2)[C@H](O)C1. The van der Waals surface area contributed by atoms with Gasteiger partial charge < -0.3 is 20.4 Å². The smallest absolute Gasteiger partial charge is 0.290 e. The van der Waals surface area contributed by atoms with E-state index in [0.717, 1.165) is 16.6 Å². The molecule has 0 amide bonds. The fourth-order valence-corrected chi connectivity index (χ4v) is 3.16. The topological polar surface area (TPSA) is 114 Å². The lowest BCUT2D eigenvalue weighted by Crippen LogP contribution is -2.39. The lowest BCUT2D eigenvalue weighted by molar-refractivity contribution is -0.122. The van der Waals surface area contributed by atoms with Crippen LogP contribution in [-0.4, -0.2) is 75.2 Å².